The maximum atomic E-state index is 12.9. The summed E-state index contributed by atoms with van der Waals surface area (Å²) in [6.07, 6.45) is 5.82. The van der Waals surface area contributed by atoms with E-state index >= 15 is 0 Å². The Morgan fingerprint density at radius 2 is 1.67 bits per heavy atom. The van der Waals surface area contributed by atoms with Crippen LogP contribution in [0.5, 0.6) is 0 Å². The number of rotatable bonds is 7. The normalized spacial score (nSPS) is 27.0. The number of hydrogen-bond acceptors (Lipinski definition) is 6. The third kappa shape index (κ3) is 6.61. The molecule has 0 aliphatic carbocycles. The van der Waals surface area contributed by atoms with Gasteiger partial charge in [0.25, 0.3) is 0 Å². The zero-order valence-corrected chi connectivity index (χ0v) is 20.7. The molecule has 8 nitrogen and oxygen atoms in total. The van der Waals surface area contributed by atoms with Crippen LogP contribution in [0.2, 0.25) is 0 Å². The predicted octanol–water partition coefficient (Wildman–Crippen LogP) is 2.52. The first-order chi connectivity index (χ1) is 15.8. The molecule has 9 heteroatoms. The number of piperidine rings is 1. The number of carbonyl (C=O) groups is 1. The largest absolute Gasteiger partial charge is 0.373 e. The van der Waals surface area contributed by atoms with Crippen molar-refractivity contribution in [2.24, 2.45) is 0 Å². The van der Waals surface area contributed by atoms with Crippen LogP contribution in [0.3, 0.4) is 0 Å². The molecule has 4 rings (SSSR count). The predicted molar refractivity (Wildman–Crippen MR) is 131 cm³/mol. The van der Waals surface area contributed by atoms with Crippen molar-refractivity contribution in [1.29, 1.82) is 0 Å². The van der Waals surface area contributed by atoms with Gasteiger partial charge in [0.2, 0.25) is 15.9 Å². The zero-order chi connectivity index (χ0) is 23.4. The van der Waals surface area contributed by atoms with Crippen molar-refractivity contribution in [2.45, 2.75) is 64.2 Å². The van der Waals surface area contributed by atoms with Crippen LogP contribution in [0, 0.1) is 0 Å². The number of sulfonamides is 1. The first-order valence-corrected chi connectivity index (χ1v) is 14.0. The molecule has 3 heterocycles. The van der Waals surface area contributed by atoms with Crippen molar-refractivity contribution < 1.29 is 17.9 Å². The van der Waals surface area contributed by atoms with Crippen molar-refractivity contribution in [3.8, 4) is 0 Å². The van der Waals surface area contributed by atoms with E-state index in [4.69, 9.17) is 4.74 Å². The molecular formula is C24H38N4O4S. The lowest BCUT2D eigenvalue weighted by Gasteiger charge is -2.38. The number of nitrogens with one attached hydrogen (secondary N) is 1. The number of nitrogens with zero attached hydrogens (tertiary/aromatic N) is 3. The third-order valence-corrected chi connectivity index (χ3v) is 8.01. The number of carbonyl (C=O) groups excluding carboxylic acids is 1. The van der Waals surface area contributed by atoms with Gasteiger partial charge in [-0.2, -0.15) is 0 Å². The minimum absolute atomic E-state index is 0.0639. The number of ether oxygens (including phenoxy) is 1. The van der Waals surface area contributed by atoms with E-state index in [2.05, 4.69) is 28.4 Å². The molecule has 0 bridgehead atoms. The fraction of sp³-hybridized carbons (Fsp3) is 0.708. The first-order valence-electron chi connectivity index (χ1n) is 12.3. The van der Waals surface area contributed by atoms with Crippen LogP contribution >= 0.6 is 0 Å². The fourth-order valence-corrected chi connectivity index (χ4v) is 6.50. The van der Waals surface area contributed by atoms with Gasteiger partial charge in [-0.15, -0.1) is 0 Å². The molecule has 33 heavy (non-hydrogen) atoms. The molecule has 0 aromatic heterocycles. The van der Waals surface area contributed by atoms with E-state index in [0.29, 0.717) is 12.2 Å². The monoisotopic (exact) mass is 478 g/mol. The summed E-state index contributed by atoms with van der Waals surface area (Å²) in [5.41, 5.74) is 1.61. The average molecular weight is 479 g/mol. The number of benzene rings is 1. The fourth-order valence-electron chi connectivity index (χ4n) is 5.44. The van der Waals surface area contributed by atoms with Crippen molar-refractivity contribution in [2.75, 3.05) is 54.6 Å². The van der Waals surface area contributed by atoms with Gasteiger partial charge in [0.1, 0.15) is 5.75 Å². The van der Waals surface area contributed by atoms with Crippen LogP contribution in [0.1, 0.15) is 46.0 Å². The van der Waals surface area contributed by atoms with E-state index in [-0.39, 0.29) is 24.2 Å². The second-order valence-corrected chi connectivity index (χ2v) is 11.5. The number of anilines is 2. The summed E-state index contributed by atoms with van der Waals surface area (Å²) in [5, 5.41) is 0. The van der Waals surface area contributed by atoms with Gasteiger partial charge < -0.3 is 14.5 Å². The van der Waals surface area contributed by atoms with Gasteiger partial charge in [0.15, 0.2) is 0 Å². The number of amides is 1. The lowest BCUT2D eigenvalue weighted by atomic mass is 10.1. The van der Waals surface area contributed by atoms with Crippen molar-refractivity contribution in [3.05, 3.63) is 24.3 Å². The lowest BCUT2D eigenvalue weighted by molar-refractivity contribution is -0.130. The molecule has 3 saturated heterocycles. The quantitative estimate of drug-likeness (QED) is 0.649. The summed E-state index contributed by atoms with van der Waals surface area (Å²) < 4.78 is 33.9. The van der Waals surface area contributed by atoms with Gasteiger partial charge in [-0.1, -0.05) is 0 Å². The Kier molecular flexibility index (Phi) is 7.81. The molecular weight excluding hydrogens is 440 g/mol. The molecule has 1 N–H and O–H groups in total. The first kappa shape index (κ1) is 24.3. The van der Waals surface area contributed by atoms with Crippen LogP contribution in [-0.4, -0.2) is 87.4 Å². The minimum Gasteiger partial charge on any atom is -0.373 e. The van der Waals surface area contributed by atoms with Gasteiger partial charge >= 0.3 is 0 Å². The maximum Gasteiger partial charge on any atom is 0.241 e. The highest BCUT2D eigenvalue weighted by molar-refractivity contribution is 7.93. The Bertz CT molecular complexity index is 892. The Morgan fingerprint density at radius 1 is 1.00 bits per heavy atom. The number of hydrogen-bond donors (Lipinski definition) is 1. The van der Waals surface area contributed by atoms with E-state index < -0.39 is 15.8 Å². The molecule has 3 aliphatic rings. The summed E-state index contributed by atoms with van der Waals surface area (Å²) in [4.78, 5) is 19.4. The highest BCUT2D eigenvalue weighted by Crippen LogP contribution is 2.24. The van der Waals surface area contributed by atoms with E-state index in [0.717, 1.165) is 51.3 Å². The molecule has 0 saturated carbocycles. The smallest absolute Gasteiger partial charge is 0.241 e. The van der Waals surface area contributed by atoms with Crippen LogP contribution in [0.4, 0.5) is 11.4 Å². The van der Waals surface area contributed by atoms with E-state index in [1.807, 2.05) is 12.1 Å². The highest BCUT2D eigenvalue weighted by Gasteiger charge is 2.34. The molecule has 3 fully saturated rings. The second kappa shape index (κ2) is 10.6. The Balaban J connectivity index is 1.31. The maximum absolute atomic E-state index is 12.9. The lowest BCUT2D eigenvalue weighted by Crippen LogP contribution is -2.51. The molecule has 3 aliphatic heterocycles. The summed E-state index contributed by atoms with van der Waals surface area (Å²) in [7, 11) is -3.77. The van der Waals surface area contributed by atoms with Gasteiger partial charge in [-0.3, -0.25) is 14.4 Å². The Labute approximate surface area is 198 Å². The molecule has 3 atom stereocenters. The van der Waals surface area contributed by atoms with Gasteiger partial charge in [-0.25, -0.2) is 8.42 Å². The van der Waals surface area contributed by atoms with Crippen LogP contribution < -0.4 is 9.62 Å². The topological polar surface area (TPSA) is 82.2 Å². The molecule has 184 valence electrons. The average Bonchev–Trinajstić information content (AvgIpc) is 3.22. The van der Waals surface area contributed by atoms with Crippen LogP contribution in [-0.2, 0) is 19.6 Å². The molecule has 1 amide bonds. The zero-order valence-electron chi connectivity index (χ0n) is 19.9. The number of morpholine rings is 1. The standard InChI is InChI=1S/C24H38N4O4S/c1-19-15-26(16-20(2)32-19)17-23-7-6-14-28(23)24(29)18-33(30,31)25-21-8-10-22(11-9-21)27-12-4-3-5-13-27/h8-11,19-20,23,25H,3-7,12-18H2,1-2H3. The van der Waals surface area contributed by atoms with Gasteiger partial charge in [0, 0.05) is 56.7 Å². The Hall–Kier alpha value is -1.84. The molecule has 1 aromatic rings. The summed E-state index contributed by atoms with van der Waals surface area (Å²) in [5.74, 6) is -0.836. The van der Waals surface area contributed by atoms with E-state index in [1.165, 1.54) is 19.3 Å². The van der Waals surface area contributed by atoms with Crippen molar-refractivity contribution >= 4 is 27.3 Å². The third-order valence-electron chi connectivity index (χ3n) is 6.84. The minimum atomic E-state index is -3.77. The van der Waals surface area contributed by atoms with E-state index in [9.17, 15) is 13.2 Å². The van der Waals surface area contributed by atoms with Crippen molar-refractivity contribution in [1.82, 2.24) is 9.80 Å². The Morgan fingerprint density at radius 3 is 2.33 bits per heavy atom. The van der Waals surface area contributed by atoms with E-state index in [1.54, 1.807) is 17.0 Å². The summed E-state index contributed by atoms with van der Waals surface area (Å²) in [6.45, 7) is 9.30. The van der Waals surface area contributed by atoms with Crippen LogP contribution in [0.15, 0.2) is 24.3 Å². The summed E-state index contributed by atoms with van der Waals surface area (Å²) in [6, 6.07) is 7.53. The van der Waals surface area contributed by atoms with Gasteiger partial charge in [0.05, 0.1) is 12.2 Å². The van der Waals surface area contributed by atoms with Gasteiger partial charge in [-0.05, 0) is 70.2 Å². The number of likely N-dealkylation sites (tertiary alicyclic amines) is 1. The van der Waals surface area contributed by atoms with Crippen LogP contribution in [0.25, 0.3) is 0 Å². The SMILES string of the molecule is CC1CN(CC2CCCN2C(=O)CS(=O)(=O)Nc2ccc(N3CCCCC3)cc2)CC(C)O1. The summed E-state index contributed by atoms with van der Waals surface area (Å²) >= 11 is 0. The molecule has 0 radical (unpaired) electrons. The van der Waals surface area contributed by atoms with Crippen molar-refractivity contribution in [3.63, 3.8) is 0 Å². The molecule has 1 aromatic carbocycles. The molecule has 3 unspecified atom stereocenters. The second-order valence-electron chi connectivity index (χ2n) is 9.81. The molecule has 0 spiro atoms. The highest BCUT2D eigenvalue weighted by atomic mass is 32.2.